The summed E-state index contributed by atoms with van der Waals surface area (Å²) >= 11 is 1.76. The van der Waals surface area contributed by atoms with Crippen molar-refractivity contribution in [2.24, 2.45) is 0 Å². The van der Waals surface area contributed by atoms with Gasteiger partial charge in [-0.15, -0.1) is 11.3 Å². The molecule has 0 spiro atoms. The van der Waals surface area contributed by atoms with Crippen LogP contribution >= 0.6 is 11.3 Å². The van der Waals surface area contributed by atoms with Crippen LogP contribution in [-0.2, 0) is 4.74 Å². The van der Waals surface area contributed by atoms with Crippen LogP contribution in [0.1, 0.15) is 51.0 Å². The molecule has 0 bridgehead atoms. The van der Waals surface area contributed by atoms with Crippen LogP contribution in [-0.4, -0.2) is 45.9 Å². The lowest BCUT2D eigenvalue weighted by Crippen LogP contribution is -2.26. The van der Waals surface area contributed by atoms with E-state index in [4.69, 9.17) is 9.72 Å². The van der Waals surface area contributed by atoms with E-state index in [9.17, 15) is 4.79 Å². The van der Waals surface area contributed by atoms with Crippen molar-refractivity contribution in [1.82, 2.24) is 25.1 Å². The smallest absolute Gasteiger partial charge is 0.254 e. The van der Waals surface area contributed by atoms with E-state index in [1.54, 1.807) is 35.5 Å². The maximum Gasteiger partial charge on any atom is 0.254 e. The van der Waals surface area contributed by atoms with Gasteiger partial charge in [-0.25, -0.2) is 14.6 Å². The summed E-state index contributed by atoms with van der Waals surface area (Å²) in [5, 5.41) is 7.44. The summed E-state index contributed by atoms with van der Waals surface area (Å²) in [6.07, 6.45) is 6.28. The van der Waals surface area contributed by atoms with Crippen molar-refractivity contribution in [2.75, 3.05) is 20.3 Å². The van der Waals surface area contributed by atoms with E-state index in [-0.39, 0.29) is 5.91 Å². The van der Waals surface area contributed by atoms with E-state index in [1.807, 2.05) is 6.07 Å². The fourth-order valence-corrected chi connectivity index (χ4v) is 4.37. The second-order valence-electron chi connectivity index (χ2n) is 7.30. The van der Waals surface area contributed by atoms with Gasteiger partial charge in [-0.05, 0) is 45.2 Å². The molecule has 7 nitrogen and oxygen atoms in total. The van der Waals surface area contributed by atoms with Gasteiger partial charge in [-0.2, -0.15) is 5.10 Å². The predicted molar refractivity (Wildman–Crippen MR) is 113 cm³/mol. The number of aryl methyl sites for hydroxylation is 2. The van der Waals surface area contributed by atoms with Gasteiger partial charge < -0.3 is 10.1 Å². The van der Waals surface area contributed by atoms with Crippen LogP contribution in [0.25, 0.3) is 17.2 Å². The van der Waals surface area contributed by atoms with Crippen molar-refractivity contribution >= 4 is 17.2 Å². The first kappa shape index (κ1) is 19.7. The number of nitrogens with one attached hydrogen (secondary N) is 1. The number of aromatic nitrogens is 4. The van der Waals surface area contributed by atoms with Gasteiger partial charge in [0.15, 0.2) is 0 Å². The summed E-state index contributed by atoms with van der Waals surface area (Å²) in [6.45, 7) is 5.39. The van der Waals surface area contributed by atoms with Crippen molar-refractivity contribution < 1.29 is 9.53 Å². The number of hydrogen-bond acceptors (Lipinski definition) is 6. The largest absolute Gasteiger partial charge is 0.385 e. The average Bonchev–Trinajstić information content (AvgIpc) is 3.36. The molecule has 0 saturated heterocycles. The Hall–Kier alpha value is -2.58. The zero-order chi connectivity index (χ0) is 20.4. The molecule has 3 aromatic rings. The van der Waals surface area contributed by atoms with Crippen molar-refractivity contribution in [2.45, 2.75) is 39.0 Å². The molecule has 0 unspecified atom stereocenters. The molecule has 0 aromatic carbocycles. The Morgan fingerprint density at radius 3 is 2.90 bits per heavy atom. The minimum Gasteiger partial charge on any atom is -0.385 e. The molecule has 1 aliphatic rings. The third-order valence-corrected chi connectivity index (χ3v) is 5.94. The van der Waals surface area contributed by atoms with Crippen LogP contribution in [0, 0.1) is 13.8 Å². The van der Waals surface area contributed by atoms with E-state index in [2.05, 4.69) is 35.3 Å². The topological polar surface area (TPSA) is 81.9 Å². The van der Waals surface area contributed by atoms with Crippen LogP contribution in [0.2, 0.25) is 0 Å². The number of carbonyl (C=O) groups excluding carboxylic acids is 1. The highest BCUT2D eigenvalue weighted by molar-refractivity contribution is 7.12. The molecule has 8 heteroatoms. The van der Waals surface area contributed by atoms with E-state index in [0.29, 0.717) is 30.6 Å². The molecule has 3 heterocycles. The Morgan fingerprint density at radius 2 is 2.21 bits per heavy atom. The summed E-state index contributed by atoms with van der Waals surface area (Å²) in [4.78, 5) is 24.4. The van der Waals surface area contributed by atoms with Crippen LogP contribution in [0.3, 0.4) is 0 Å². The summed E-state index contributed by atoms with van der Waals surface area (Å²) in [6, 6.07) is 4.07. The van der Waals surface area contributed by atoms with Crippen LogP contribution < -0.4 is 5.32 Å². The van der Waals surface area contributed by atoms with Crippen LogP contribution in [0.4, 0.5) is 0 Å². The van der Waals surface area contributed by atoms with E-state index < -0.39 is 0 Å². The second-order valence-corrected chi connectivity index (χ2v) is 8.76. The Labute approximate surface area is 174 Å². The van der Waals surface area contributed by atoms with Crippen LogP contribution in [0.5, 0.6) is 0 Å². The highest BCUT2D eigenvalue weighted by atomic mass is 32.1. The number of amides is 1. The van der Waals surface area contributed by atoms with Crippen LogP contribution in [0.15, 0.2) is 24.5 Å². The Bertz CT molecular complexity index is 1020. The van der Waals surface area contributed by atoms with Gasteiger partial charge in [0.05, 0.1) is 23.1 Å². The zero-order valence-electron chi connectivity index (χ0n) is 16.9. The molecule has 152 valence electrons. The second kappa shape index (κ2) is 8.42. The van der Waals surface area contributed by atoms with Crippen molar-refractivity contribution in [1.29, 1.82) is 0 Å². The van der Waals surface area contributed by atoms with Gasteiger partial charge in [-0.3, -0.25) is 4.79 Å². The minimum atomic E-state index is -0.102. The molecule has 1 amide bonds. The highest BCUT2D eigenvalue weighted by Gasteiger charge is 2.33. The molecular formula is C21H25N5O2S. The lowest BCUT2D eigenvalue weighted by atomic mass is 10.1. The molecule has 4 rings (SSSR count). The van der Waals surface area contributed by atoms with Gasteiger partial charge in [0.1, 0.15) is 0 Å². The number of hydrogen-bond donors (Lipinski definition) is 1. The van der Waals surface area contributed by atoms with Gasteiger partial charge in [0.2, 0.25) is 0 Å². The first-order valence-electron chi connectivity index (χ1n) is 9.84. The molecule has 1 N–H and O–H groups in total. The quantitative estimate of drug-likeness (QED) is 0.572. The van der Waals surface area contributed by atoms with E-state index >= 15 is 0 Å². The standard InChI is InChI=1S/C21H25N5O2S/c1-13-11-16(14(2)29-13)18-7-9-23-21(25-18)26-19(15-5-6-15)17(12-24-26)20(27)22-8-4-10-28-3/h7,9,11-12,15H,4-6,8,10H2,1-3H3,(H,22,27). The number of ether oxygens (including phenoxy) is 1. The van der Waals surface area contributed by atoms with Gasteiger partial charge >= 0.3 is 0 Å². The zero-order valence-corrected chi connectivity index (χ0v) is 17.8. The van der Waals surface area contributed by atoms with E-state index in [1.165, 1.54) is 9.75 Å². The first-order chi connectivity index (χ1) is 14.1. The van der Waals surface area contributed by atoms with Gasteiger partial charge in [0.25, 0.3) is 11.9 Å². The molecule has 1 aliphatic carbocycles. The molecule has 0 atom stereocenters. The maximum absolute atomic E-state index is 12.7. The monoisotopic (exact) mass is 411 g/mol. The van der Waals surface area contributed by atoms with Crippen molar-refractivity contribution in [3.05, 3.63) is 45.5 Å². The number of nitrogens with zero attached hydrogens (tertiary/aromatic N) is 4. The molecule has 1 saturated carbocycles. The highest BCUT2D eigenvalue weighted by Crippen LogP contribution is 2.42. The number of carbonyl (C=O) groups is 1. The first-order valence-corrected chi connectivity index (χ1v) is 10.7. The van der Waals surface area contributed by atoms with Crippen molar-refractivity contribution in [3.8, 4) is 17.2 Å². The number of methoxy groups -OCH3 is 1. The lowest BCUT2D eigenvalue weighted by Gasteiger charge is -2.09. The summed E-state index contributed by atoms with van der Waals surface area (Å²) in [7, 11) is 1.66. The van der Waals surface area contributed by atoms with Gasteiger partial charge in [0, 0.05) is 47.7 Å². The molecule has 1 fully saturated rings. The Morgan fingerprint density at radius 1 is 1.38 bits per heavy atom. The van der Waals surface area contributed by atoms with Crippen molar-refractivity contribution in [3.63, 3.8) is 0 Å². The average molecular weight is 412 g/mol. The maximum atomic E-state index is 12.7. The third kappa shape index (κ3) is 4.23. The Balaban J connectivity index is 1.64. The molecule has 3 aromatic heterocycles. The molecule has 29 heavy (non-hydrogen) atoms. The van der Waals surface area contributed by atoms with E-state index in [0.717, 1.165) is 36.2 Å². The molecule has 0 radical (unpaired) electrons. The molecular weight excluding hydrogens is 386 g/mol. The summed E-state index contributed by atoms with van der Waals surface area (Å²) in [5.41, 5.74) is 3.51. The fourth-order valence-electron chi connectivity index (χ4n) is 3.44. The third-order valence-electron chi connectivity index (χ3n) is 4.98. The Kier molecular flexibility index (Phi) is 5.73. The van der Waals surface area contributed by atoms with Gasteiger partial charge in [-0.1, -0.05) is 0 Å². The lowest BCUT2D eigenvalue weighted by molar-refractivity contribution is 0.0947. The normalized spacial score (nSPS) is 13.6. The number of thiophene rings is 1. The summed E-state index contributed by atoms with van der Waals surface area (Å²) in [5.74, 6) is 0.732. The molecule has 0 aliphatic heterocycles. The predicted octanol–water partition coefficient (Wildman–Crippen LogP) is 3.65. The number of rotatable bonds is 8. The summed E-state index contributed by atoms with van der Waals surface area (Å²) < 4.78 is 6.77. The fraction of sp³-hybridized carbons (Fsp3) is 0.429. The SMILES string of the molecule is COCCCNC(=O)c1cnn(-c2nccc(-c3cc(C)sc3C)n2)c1C1CC1. The minimum absolute atomic E-state index is 0.102.